The summed E-state index contributed by atoms with van der Waals surface area (Å²) in [7, 11) is 1.65. The van der Waals surface area contributed by atoms with E-state index in [2.05, 4.69) is 0 Å². The van der Waals surface area contributed by atoms with E-state index in [1.165, 1.54) is 6.07 Å². The summed E-state index contributed by atoms with van der Waals surface area (Å²) in [6.45, 7) is 1.73. The van der Waals surface area contributed by atoms with Crippen LogP contribution in [0.5, 0.6) is 5.75 Å². The first-order valence-electron chi connectivity index (χ1n) is 4.71. The third-order valence-corrected chi connectivity index (χ3v) is 3.19. The lowest BCUT2D eigenvalue weighted by molar-refractivity contribution is 0.521. The highest BCUT2D eigenvalue weighted by atomic mass is 19.1. The molecule has 1 saturated carbocycles. The van der Waals surface area contributed by atoms with Crippen molar-refractivity contribution in [3.05, 3.63) is 29.1 Å². The molecular formula is C10H10BFNO. The van der Waals surface area contributed by atoms with Gasteiger partial charge in [0.2, 0.25) is 0 Å². The van der Waals surface area contributed by atoms with Crippen molar-refractivity contribution < 1.29 is 9.04 Å². The lowest BCUT2D eigenvalue weighted by atomic mass is 9.78. The van der Waals surface area contributed by atoms with E-state index in [0.29, 0.717) is 17.2 Å². The molecule has 2 aliphatic rings. The van der Waals surface area contributed by atoms with Crippen LogP contribution in [0, 0.1) is 12.7 Å². The van der Waals surface area contributed by atoms with Gasteiger partial charge in [-0.1, -0.05) is 6.07 Å². The number of benzene rings is 1. The Labute approximate surface area is 82.5 Å². The van der Waals surface area contributed by atoms with Crippen LogP contribution in [0.1, 0.15) is 23.5 Å². The molecule has 1 heterocycles. The third-order valence-electron chi connectivity index (χ3n) is 3.19. The minimum atomic E-state index is -0.294. The Hall–Kier alpha value is -1.03. The van der Waals surface area contributed by atoms with Gasteiger partial charge >= 0.3 is 7.48 Å². The topological polar surface area (TPSA) is 35.2 Å². The largest absolute Gasteiger partial charge is 0.561 e. The normalized spacial score (nSPS) is 32.4. The highest BCUT2D eigenvalue weighted by Crippen LogP contribution is 2.55. The van der Waals surface area contributed by atoms with Gasteiger partial charge in [-0.05, 0) is 25.0 Å². The predicted molar refractivity (Wildman–Crippen MR) is 51.8 cm³/mol. The molecule has 0 bridgehead atoms. The van der Waals surface area contributed by atoms with Crippen LogP contribution in [-0.2, 0) is 0 Å². The van der Waals surface area contributed by atoms with Gasteiger partial charge in [-0.2, -0.15) is 0 Å². The van der Waals surface area contributed by atoms with Gasteiger partial charge in [0.05, 0.1) is 0 Å². The molecule has 1 aliphatic heterocycles. The van der Waals surface area contributed by atoms with Crippen LogP contribution in [0.4, 0.5) is 4.39 Å². The van der Waals surface area contributed by atoms with Gasteiger partial charge in [0.15, 0.2) is 0 Å². The van der Waals surface area contributed by atoms with Crippen LogP contribution >= 0.6 is 0 Å². The zero-order valence-corrected chi connectivity index (χ0v) is 7.88. The number of hydrogen-bond donors (Lipinski definition) is 1. The summed E-state index contributed by atoms with van der Waals surface area (Å²) < 4.78 is 18.6. The van der Waals surface area contributed by atoms with Crippen LogP contribution in [0.15, 0.2) is 12.1 Å². The molecule has 1 radical (unpaired) electrons. The molecule has 1 aromatic carbocycles. The van der Waals surface area contributed by atoms with Crippen molar-refractivity contribution in [1.82, 2.24) is 0 Å². The van der Waals surface area contributed by atoms with Gasteiger partial charge in [-0.25, -0.2) is 4.39 Å². The fourth-order valence-electron chi connectivity index (χ4n) is 2.11. The maximum Gasteiger partial charge on any atom is 0.392 e. The predicted octanol–water partition coefficient (Wildman–Crippen LogP) is 1.29. The molecule has 2 unspecified atom stereocenters. The SMILES string of the molecule is Cc1c(F)ccc2c1O[B]C1(N)CC21. The second-order valence-electron chi connectivity index (χ2n) is 4.20. The Morgan fingerprint density at radius 3 is 3.21 bits per heavy atom. The molecule has 2 atom stereocenters. The molecule has 2 nitrogen and oxygen atoms in total. The molecule has 1 aliphatic carbocycles. The van der Waals surface area contributed by atoms with Gasteiger partial charge in [-0.3, -0.25) is 0 Å². The van der Waals surface area contributed by atoms with E-state index < -0.39 is 0 Å². The first-order chi connectivity index (χ1) is 6.62. The van der Waals surface area contributed by atoms with Crippen molar-refractivity contribution in [2.24, 2.45) is 5.73 Å². The molecular weight excluding hydrogens is 180 g/mol. The number of hydrogen-bond acceptors (Lipinski definition) is 2. The highest BCUT2D eigenvalue weighted by Gasteiger charge is 2.57. The van der Waals surface area contributed by atoms with Gasteiger partial charge in [0.25, 0.3) is 0 Å². The summed E-state index contributed by atoms with van der Waals surface area (Å²) in [5, 5.41) is 0. The van der Waals surface area contributed by atoms with Gasteiger partial charge in [0.1, 0.15) is 11.6 Å². The molecule has 2 N–H and O–H groups in total. The number of nitrogens with two attached hydrogens (primary N) is 1. The summed E-state index contributed by atoms with van der Waals surface area (Å²) in [5.74, 6) is 0.765. The van der Waals surface area contributed by atoms with Crippen molar-refractivity contribution in [2.75, 3.05) is 0 Å². The molecule has 0 amide bonds. The molecule has 0 aromatic heterocycles. The highest BCUT2D eigenvalue weighted by molar-refractivity contribution is 6.36. The second kappa shape index (κ2) is 2.31. The van der Waals surface area contributed by atoms with E-state index in [-0.39, 0.29) is 11.3 Å². The monoisotopic (exact) mass is 190 g/mol. The first kappa shape index (κ1) is 8.30. The minimum absolute atomic E-state index is 0.220. The molecule has 3 rings (SSSR count). The zero-order valence-electron chi connectivity index (χ0n) is 7.88. The minimum Gasteiger partial charge on any atom is -0.561 e. The maximum atomic E-state index is 13.2. The van der Waals surface area contributed by atoms with E-state index >= 15 is 0 Å². The molecule has 4 heteroatoms. The summed E-state index contributed by atoms with van der Waals surface area (Å²) in [6.07, 6.45) is 0.908. The summed E-state index contributed by atoms with van der Waals surface area (Å²) >= 11 is 0. The average molecular weight is 190 g/mol. The van der Waals surface area contributed by atoms with Crippen LogP contribution in [0.3, 0.4) is 0 Å². The Morgan fingerprint density at radius 1 is 1.64 bits per heavy atom. The lowest BCUT2D eigenvalue weighted by Crippen LogP contribution is -2.38. The van der Waals surface area contributed by atoms with Crippen LogP contribution in [-0.4, -0.2) is 12.9 Å². The van der Waals surface area contributed by atoms with Gasteiger partial charge < -0.3 is 10.4 Å². The average Bonchev–Trinajstić information content (AvgIpc) is 2.83. The van der Waals surface area contributed by atoms with E-state index in [4.69, 9.17) is 10.4 Å². The maximum absolute atomic E-state index is 13.2. The molecule has 1 aromatic rings. The number of halogens is 1. The molecule has 0 saturated heterocycles. The zero-order chi connectivity index (χ0) is 9.92. The standard InChI is InChI=1S/C10H10BFNO/c1-5-8(12)3-2-6-7-4-10(7,13)11-14-9(5)6/h2-3,7H,4,13H2,1H3. The lowest BCUT2D eigenvalue weighted by Gasteiger charge is -2.22. The van der Waals surface area contributed by atoms with Gasteiger partial charge in [0, 0.05) is 16.9 Å². The Morgan fingerprint density at radius 2 is 2.43 bits per heavy atom. The van der Waals surface area contributed by atoms with Crippen LogP contribution < -0.4 is 10.4 Å². The van der Waals surface area contributed by atoms with Crippen LogP contribution in [0.2, 0.25) is 0 Å². The second-order valence-corrected chi connectivity index (χ2v) is 4.20. The summed E-state index contributed by atoms with van der Waals surface area (Å²) in [6, 6.07) is 3.27. The fraction of sp³-hybridized carbons (Fsp3) is 0.400. The Balaban J connectivity index is 2.16. The summed E-state index contributed by atoms with van der Waals surface area (Å²) in [5.41, 5.74) is 7.31. The van der Waals surface area contributed by atoms with E-state index in [9.17, 15) is 4.39 Å². The Kier molecular flexibility index (Phi) is 1.37. The number of fused-ring (bicyclic) bond motifs is 3. The summed E-state index contributed by atoms with van der Waals surface area (Å²) in [4.78, 5) is 0. The van der Waals surface area contributed by atoms with Crippen molar-refractivity contribution in [1.29, 1.82) is 0 Å². The quantitative estimate of drug-likeness (QED) is 0.625. The van der Waals surface area contributed by atoms with Crippen molar-refractivity contribution >= 4 is 7.48 Å². The van der Waals surface area contributed by atoms with E-state index in [0.717, 1.165) is 12.0 Å². The number of rotatable bonds is 0. The smallest absolute Gasteiger partial charge is 0.392 e. The first-order valence-corrected chi connectivity index (χ1v) is 4.71. The molecule has 14 heavy (non-hydrogen) atoms. The van der Waals surface area contributed by atoms with E-state index in [1.807, 2.05) is 0 Å². The molecule has 1 fully saturated rings. The van der Waals surface area contributed by atoms with Crippen molar-refractivity contribution in [2.45, 2.75) is 24.7 Å². The van der Waals surface area contributed by atoms with E-state index in [1.54, 1.807) is 20.5 Å². The molecule has 71 valence electrons. The van der Waals surface area contributed by atoms with Crippen molar-refractivity contribution in [3.8, 4) is 5.75 Å². The Bertz CT molecular complexity index is 423. The third kappa shape index (κ3) is 0.893. The fourth-order valence-corrected chi connectivity index (χ4v) is 2.11. The van der Waals surface area contributed by atoms with Crippen LogP contribution in [0.25, 0.3) is 0 Å². The van der Waals surface area contributed by atoms with Crippen molar-refractivity contribution in [3.63, 3.8) is 0 Å². The van der Waals surface area contributed by atoms with Gasteiger partial charge in [-0.15, -0.1) is 0 Å². The molecule has 0 spiro atoms.